The molecule has 0 aliphatic heterocycles. The lowest BCUT2D eigenvalue weighted by Gasteiger charge is -1.98. The summed E-state index contributed by atoms with van der Waals surface area (Å²) in [6.07, 6.45) is 3.12. The van der Waals surface area contributed by atoms with Crippen LogP contribution in [0.25, 0.3) is 5.76 Å². The van der Waals surface area contributed by atoms with Gasteiger partial charge in [-0.2, -0.15) is 0 Å². The van der Waals surface area contributed by atoms with Crippen molar-refractivity contribution < 1.29 is 10.2 Å². The standard InChI is InChI=1S/C11H14O2/c12-9-5-4-8-11(13)10-6-2-1-3-7-10/h1-3,6-8,12-13H,4-5,9H2. The average Bonchev–Trinajstić information content (AvgIpc) is 2.19. The van der Waals surface area contributed by atoms with E-state index in [2.05, 4.69) is 0 Å². The van der Waals surface area contributed by atoms with E-state index in [0.29, 0.717) is 12.8 Å². The molecule has 0 unspecified atom stereocenters. The van der Waals surface area contributed by atoms with Crippen molar-refractivity contribution >= 4 is 5.76 Å². The van der Waals surface area contributed by atoms with Gasteiger partial charge in [-0.3, -0.25) is 0 Å². The fourth-order valence-electron chi connectivity index (χ4n) is 1.06. The van der Waals surface area contributed by atoms with Crippen LogP contribution in [0.1, 0.15) is 18.4 Å². The summed E-state index contributed by atoms with van der Waals surface area (Å²) in [6, 6.07) is 9.37. The fourth-order valence-corrected chi connectivity index (χ4v) is 1.06. The lowest BCUT2D eigenvalue weighted by atomic mass is 10.1. The van der Waals surface area contributed by atoms with Gasteiger partial charge in [0.25, 0.3) is 0 Å². The van der Waals surface area contributed by atoms with Crippen molar-refractivity contribution in [1.29, 1.82) is 0 Å². The highest BCUT2D eigenvalue weighted by atomic mass is 16.3. The van der Waals surface area contributed by atoms with Crippen LogP contribution < -0.4 is 0 Å². The third-order valence-electron chi connectivity index (χ3n) is 1.77. The first-order valence-electron chi connectivity index (χ1n) is 4.40. The number of allylic oxidation sites excluding steroid dienone is 1. The second-order valence-electron chi connectivity index (χ2n) is 2.82. The van der Waals surface area contributed by atoms with E-state index < -0.39 is 0 Å². The largest absolute Gasteiger partial charge is 0.508 e. The molecule has 0 heterocycles. The molecule has 13 heavy (non-hydrogen) atoms. The molecule has 0 aromatic heterocycles. The summed E-state index contributed by atoms with van der Waals surface area (Å²) in [5, 5.41) is 18.1. The Bertz CT molecular complexity index is 265. The Morgan fingerprint density at radius 1 is 1.23 bits per heavy atom. The van der Waals surface area contributed by atoms with Crippen LogP contribution in [-0.2, 0) is 0 Å². The van der Waals surface area contributed by atoms with Gasteiger partial charge in [-0.25, -0.2) is 0 Å². The predicted octanol–water partition coefficient (Wildman–Crippen LogP) is 2.36. The summed E-state index contributed by atoms with van der Waals surface area (Å²) in [7, 11) is 0. The molecular weight excluding hydrogens is 164 g/mol. The van der Waals surface area contributed by atoms with E-state index in [9.17, 15) is 5.11 Å². The van der Waals surface area contributed by atoms with E-state index in [4.69, 9.17) is 5.11 Å². The second kappa shape index (κ2) is 5.38. The minimum atomic E-state index is 0.165. The Morgan fingerprint density at radius 2 is 1.92 bits per heavy atom. The summed E-state index contributed by atoms with van der Waals surface area (Å²) >= 11 is 0. The Labute approximate surface area is 78.2 Å². The Balaban J connectivity index is 2.57. The number of hydrogen-bond acceptors (Lipinski definition) is 2. The summed E-state index contributed by atoms with van der Waals surface area (Å²) < 4.78 is 0. The zero-order valence-electron chi connectivity index (χ0n) is 7.48. The van der Waals surface area contributed by atoms with Gasteiger partial charge in [-0.05, 0) is 18.9 Å². The number of aliphatic hydroxyl groups is 2. The van der Waals surface area contributed by atoms with Gasteiger partial charge in [0, 0.05) is 12.2 Å². The minimum Gasteiger partial charge on any atom is -0.508 e. The van der Waals surface area contributed by atoms with Gasteiger partial charge in [-0.1, -0.05) is 30.3 Å². The highest BCUT2D eigenvalue weighted by Crippen LogP contribution is 2.11. The van der Waals surface area contributed by atoms with E-state index in [0.717, 1.165) is 5.56 Å². The maximum atomic E-state index is 9.53. The van der Waals surface area contributed by atoms with E-state index in [1.807, 2.05) is 30.3 Å². The molecule has 0 aliphatic carbocycles. The molecular formula is C11H14O2. The van der Waals surface area contributed by atoms with Gasteiger partial charge in [0.1, 0.15) is 5.76 Å². The number of unbranched alkanes of at least 4 members (excludes halogenated alkanes) is 1. The average molecular weight is 178 g/mol. The van der Waals surface area contributed by atoms with Crippen molar-refractivity contribution in [3.8, 4) is 0 Å². The lowest BCUT2D eigenvalue weighted by molar-refractivity contribution is 0.289. The van der Waals surface area contributed by atoms with Gasteiger partial charge in [0.2, 0.25) is 0 Å². The van der Waals surface area contributed by atoms with Crippen molar-refractivity contribution in [2.24, 2.45) is 0 Å². The van der Waals surface area contributed by atoms with Crippen molar-refractivity contribution in [3.63, 3.8) is 0 Å². The highest BCUT2D eigenvalue weighted by Gasteiger charge is 1.95. The first-order valence-corrected chi connectivity index (χ1v) is 4.40. The molecule has 0 amide bonds. The van der Waals surface area contributed by atoms with E-state index in [-0.39, 0.29) is 12.4 Å². The summed E-state index contributed by atoms with van der Waals surface area (Å²) in [5.74, 6) is 0.286. The van der Waals surface area contributed by atoms with Crippen LogP contribution in [0.15, 0.2) is 36.4 Å². The molecule has 2 heteroatoms. The Hall–Kier alpha value is -1.28. The minimum absolute atomic E-state index is 0.165. The molecule has 0 aliphatic rings. The molecule has 2 N–H and O–H groups in total. The highest BCUT2D eigenvalue weighted by molar-refractivity contribution is 5.57. The van der Waals surface area contributed by atoms with Crippen LogP contribution in [0, 0.1) is 0 Å². The molecule has 0 radical (unpaired) electrons. The molecule has 1 aromatic carbocycles. The quantitative estimate of drug-likeness (QED) is 0.549. The molecule has 0 saturated carbocycles. The molecule has 2 nitrogen and oxygen atoms in total. The van der Waals surface area contributed by atoms with Crippen LogP contribution in [0.2, 0.25) is 0 Å². The van der Waals surface area contributed by atoms with Gasteiger partial charge in [-0.15, -0.1) is 0 Å². The van der Waals surface area contributed by atoms with Crippen molar-refractivity contribution in [2.75, 3.05) is 6.61 Å². The van der Waals surface area contributed by atoms with Crippen molar-refractivity contribution in [2.45, 2.75) is 12.8 Å². The van der Waals surface area contributed by atoms with Crippen molar-refractivity contribution in [3.05, 3.63) is 42.0 Å². The van der Waals surface area contributed by atoms with Gasteiger partial charge in [0.15, 0.2) is 0 Å². The van der Waals surface area contributed by atoms with Gasteiger partial charge < -0.3 is 10.2 Å². The third kappa shape index (κ3) is 3.30. The molecule has 0 atom stereocenters. The SMILES string of the molecule is OCCCC=C(O)c1ccccc1. The maximum Gasteiger partial charge on any atom is 0.118 e. The van der Waals surface area contributed by atoms with Crippen LogP contribution in [-0.4, -0.2) is 16.8 Å². The zero-order valence-corrected chi connectivity index (χ0v) is 7.48. The third-order valence-corrected chi connectivity index (χ3v) is 1.77. The lowest BCUT2D eigenvalue weighted by Crippen LogP contribution is -1.84. The number of benzene rings is 1. The monoisotopic (exact) mass is 178 g/mol. The normalized spacial score (nSPS) is 11.6. The van der Waals surface area contributed by atoms with E-state index in [1.54, 1.807) is 6.08 Å². The van der Waals surface area contributed by atoms with Crippen LogP contribution >= 0.6 is 0 Å². The number of hydrogen-bond donors (Lipinski definition) is 2. The smallest absolute Gasteiger partial charge is 0.118 e. The first kappa shape index (κ1) is 9.81. The molecule has 1 rings (SSSR count). The first-order chi connectivity index (χ1) is 6.34. The summed E-state index contributed by atoms with van der Waals surface area (Å²) in [6.45, 7) is 0.165. The van der Waals surface area contributed by atoms with Gasteiger partial charge >= 0.3 is 0 Å². The maximum absolute atomic E-state index is 9.53. The van der Waals surface area contributed by atoms with Crippen LogP contribution in [0.3, 0.4) is 0 Å². The predicted molar refractivity (Wildman–Crippen MR) is 53.4 cm³/mol. The number of aliphatic hydroxyl groups excluding tert-OH is 2. The summed E-state index contributed by atoms with van der Waals surface area (Å²) in [4.78, 5) is 0. The molecule has 0 bridgehead atoms. The molecule has 0 saturated heterocycles. The summed E-state index contributed by atoms with van der Waals surface area (Å²) in [5.41, 5.74) is 0.820. The van der Waals surface area contributed by atoms with E-state index in [1.165, 1.54) is 0 Å². The van der Waals surface area contributed by atoms with E-state index >= 15 is 0 Å². The second-order valence-corrected chi connectivity index (χ2v) is 2.82. The van der Waals surface area contributed by atoms with Crippen molar-refractivity contribution in [1.82, 2.24) is 0 Å². The van der Waals surface area contributed by atoms with Gasteiger partial charge in [0.05, 0.1) is 0 Å². The molecule has 70 valence electrons. The number of rotatable bonds is 4. The molecule has 1 aromatic rings. The zero-order chi connectivity index (χ0) is 9.52. The molecule has 0 spiro atoms. The topological polar surface area (TPSA) is 40.5 Å². The van der Waals surface area contributed by atoms with Crippen LogP contribution in [0.4, 0.5) is 0 Å². The fraction of sp³-hybridized carbons (Fsp3) is 0.273. The Kier molecular flexibility index (Phi) is 4.06. The molecule has 0 fully saturated rings. The van der Waals surface area contributed by atoms with Crippen LogP contribution in [0.5, 0.6) is 0 Å². The Morgan fingerprint density at radius 3 is 2.54 bits per heavy atom.